The highest BCUT2D eigenvalue weighted by Gasteiger charge is 2.18. The number of hydrogen-bond acceptors (Lipinski definition) is 3. The quantitative estimate of drug-likeness (QED) is 0.381. The average molecular weight is 486 g/mol. The van der Waals surface area contributed by atoms with Crippen molar-refractivity contribution in [3.05, 3.63) is 35.4 Å². The first-order valence-corrected chi connectivity index (χ1v) is 10.1. The SMILES string of the molecule is CN=C(NCc1cccc(CN2CCOCC2)c1)NC1CCC(C)CC1.I. The second-order valence-corrected chi connectivity index (χ2v) is 7.74. The van der Waals surface area contributed by atoms with Crippen molar-refractivity contribution in [3.8, 4) is 0 Å². The van der Waals surface area contributed by atoms with E-state index in [0.29, 0.717) is 6.04 Å². The molecule has 1 aromatic carbocycles. The molecule has 2 aliphatic rings. The molecule has 1 saturated carbocycles. The maximum Gasteiger partial charge on any atom is 0.191 e. The molecule has 0 spiro atoms. The molecule has 0 amide bonds. The van der Waals surface area contributed by atoms with Gasteiger partial charge >= 0.3 is 0 Å². The van der Waals surface area contributed by atoms with Crippen molar-refractivity contribution >= 4 is 29.9 Å². The molecule has 1 aliphatic heterocycles. The van der Waals surface area contributed by atoms with Gasteiger partial charge in [-0.1, -0.05) is 31.2 Å². The normalized spacial score (nSPS) is 24.1. The van der Waals surface area contributed by atoms with Gasteiger partial charge < -0.3 is 15.4 Å². The van der Waals surface area contributed by atoms with Gasteiger partial charge in [-0.2, -0.15) is 0 Å². The molecule has 5 nitrogen and oxygen atoms in total. The van der Waals surface area contributed by atoms with Crippen LogP contribution in [0, 0.1) is 5.92 Å². The van der Waals surface area contributed by atoms with Crippen molar-refractivity contribution in [3.63, 3.8) is 0 Å². The molecular weight excluding hydrogens is 451 g/mol. The van der Waals surface area contributed by atoms with Gasteiger partial charge in [0.15, 0.2) is 5.96 Å². The van der Waals surface area contributed by atoms with Crippen molar-refractivity contribution in [2.24, 2.45) is 10.9 Å². The molecule has 1 heterocycles. The number of hydrogen-bond donors (Lipinski definition) is 2. The van der Waals surface area contributed by atoms with E-state index in [-0.39, 0.29) is 24.0 Å². The molecule has 0 atom stereocenters. The van der Waals surface area contributed by atoms with Gasteiger partial charge in [0.05, 0.1) is 13.2 Å². The van der Waals surface area contributed by atoms with E-state index >= 15 is 0 Å². The lowest BCUT2D eigenvalue weighted by Crippen LogP contribution is -2.44. The molecule has 0 aromatic heterocycles. The van der Waals surface area contributed by atoms with Crippen LogP contribution in [0.1, 0.15) is 43.7 Å². The Balaban J connectivity index is 0.00000261. The Bertz CT molecular complexity index is 581. The van der Waals surface area contributed by atoms with Crippen LogP contribution in [-0.4, -0.2) is 50.3 Å². The van der Waals surface area contributed by atoms with Crippen molar-refractivity contribution < 1.29 is 4.74 Å². The summed E-state index contributed by atoms with van der Waals surface area (Å²) < 4.78 is 5.43. The molecule has 0 unspecified atom stereocenters. The van der Waals surface area contributed by atoms with Gasteiger partial charge in [0.2, 0.25) is 0 Å². The monoisotopic (exact) mass is 486 g/mol. The van der Waals surface area contributed by atoms with Crippen LogP contribution >= 0.6 is 24.0 Å². The molecule has 27 heavy (non-hydrogen) atoms. The minimum atomic E-state index is 0. The zero-order valence-electron chi connectivity index (χ0n) is 16.7. The van der Waals surface area contributed by atoms with Gasteiger partial charge in [-0.15, -0.1) is 24.0 Å². The highest BCUT2D eigenvalue weighted by atomic mass is 127. The molecule has 6 heteroatoms. The van der Waals surface area contributed by atoms with Crippen molar-refractivity contribution in [2.45, 2.75) is 51.7 Å². The number of ether oxygens (including phenoxy) is 1. The zero-order valence-corrected chi connectivity index (χ0v) is 19.1. The third-order valence-corrected chi connectivity index (χ3v) is 5.54. The molecule has 152 valence electrons. The van der Waals surface area contributed by atoms with Crippen LogP contribution in [0.3, 0.4) is 0 Å². The summed E-state index contributed by atoms with van der Waals surface area (Å²) in [6.45, 7) is 7.92. The zero-order chi connectivity index (χ0) is 18.2. The number of halogens is 1. The van der Waals surface area contributed by atoms with E-state index in [1.165, 1.54) is 36.8 Å². The first kappa shape index (κ1) is 22.4. The summed E-state index contributed by atoms with van der Waals surface area (Å²) in [4.78, 5) is 6.86. The number of nitrogens with zero attached hydrogens (tertiary/aromatic N) is 2. The third kappa shape index (κ3) is 7.58. The molecule has 1 aromatic rings. The fraction of sp³-hybridized carbons (Fsp3) is 0.667. The molecule has 3 rings (SSSR count). The van der Waals surface area contributed by atoms with Gasteiger partial charge in [0.25, 0.3) is 0 Å². The van der Waals surface area contributed by atoms with Gasteiger partial charge in [0, 0.05) is 39.3 Å². The second kappa shape index (κ2) is 11.9. The third-order valence-electron chi connectivity index (χ3n) is 5.54. The highest BCUT2D eigenvalue weighted by molar-refractivity contribution is 14.0. The van der Waals surface area contributed by atoms with Crippen LogP contribution in [0.2, 0.25) is 0 Å². The lowest BCUT2D eigenvalue weighted by Gasteiger charge is -2.28. The summed E-state index contributed by atoms with van der Waals surface area (Å²) >= 11 is 0. The molecule has 2 fully saturated rings. The number of rotatable bonds is 5. The van der Waals surface area contributed by atoms with Crippen LogP contribution < -0.4 is 10.6 Å². The summed E-state index contributed by atoms with van der Waals surface area (Å²) in [5.74, 6) is 1.79. The number of aliphatic imine (C=N–C) groups is 1. The predicted octanol–water partition coefficient (Wildman–Crippen LogP) is 3.38. The Kier molecular flexibility index (Phi) is 9.86. The van der Waals surface area contributed by atoms with E-state index in [9.17, 15) is 0 Å². The lowest BCUT2D eigenvalue weighted by molar-refractivity contribution is 0.0342. The molecule has 0 radical (unpaired) electrons. The summed E-state index contributed by atoms with van der Waals surface area (Å²) in [6, 6.07) is 9.43. The van der Waals surface area contributed by atoms with Crippen molar-refractivity contribution in [1.29, 1.82) is 0 Å². The summed E-state index contributed by atoms with van der Waals surface area (Å²) in [5.41, 5.74) is 2.67. The van der Waals surface area contributed by atoms with E-state index in [1.807, 2.05) is 7.05 Å². The van der Waals surface area contributed by atoms with Gasteiger partial charge in [0.1, 0.15) is 0 Å². The molecule has 0 bridgehead atoms. The smallest absolute Gasteiger partial charge is 0.191 e. The van der Waals surface area contributed by atoms with E-state index in [1.54, 1.807) is 0 Å². The Labute approximate surface area is 181 Å². The Hall–Kier alpha value is -0.860. The van der Waals surface area contributed by atoms with Crippen LogP contribution in [0.4, 0.5) is 0 Å². The van der Waals surface area contributed by atoms with Crippen LogP contribution in [0.15, 0.2) is 29.3 Å². The number of benzene rings is 1. The molecule has 2 N–H and O–H groups in total. The Morgan fingerprint density at radius 3 is 2.56 bits per heavy atom. The van der Waals surface area contributed by atoms with E-state index in [4.69, 9.17) is 4.74 Å². The minimum absolute atomic E-state index is 0. The first-order chi connectivity index (χ1) is 12.7. The minimum Gasteiger partial charge on any atom is -0.379 e. The highest BCUT2D eigenvalue weighted by Crippen LogP contribution is 2.23. The topological polar surface area (TPSA) is 48.9 Å². The van der Waals surface area contributed by atoms with Gasteiger partial charge in [-0.3, -0.25) is 9.89 Å². The Morgan fingerprint density at radius 1 is 1.15 bits per heavy atom. The summed E-state index contributed by atoms with van der Waals surface area (Å²) in [5, 5.41) is 7.07. The maximum absolute atomic E-state index is 5.43. The number of nitrogens with one attached hydrogen (secondary N) is 2. The summed E-state index contributed by atoms with van der Waals surface area (Å²) in [6.07, 6.45) is 5.13. The number of guanidine groups is 1. The predicted molar refractivity (Wildman–Crippen MR) is 123 cm³/mol. The van der Waals surface area contributed by atoms with E-state index < -0.39 is 0 Å². The summed E-state index contributed by atoms with van der Waals surface area (Å²) in [7, 11) is 1.86. The van der Waals surface area contributed by atoms with Crippen molar-refractivity contribution in [1.82, 2.24) is 15.5 Å². The Morgan fingerprint density at radius 2 is 1.85 bits per heavy atom. The maximum atomic E-state index is 5.43. The number of morpholine rings is 1. The van der Waals surface area contributed by atoms with Crippen LogP contribution in [0.5, 0.6) is 0 Å². The largest absolute Gasteiger partial charge is 0.379 e. The molecular formula is C21H35IN4O. The standard InChI is InChI=1S/C21H34N4O.HI/c1-17-6-8-20(9-7-17)24-21(22-2)23-15-18-4-3-5-19(14-18)16-25-10-12-26-13-11-25;/h3-5,14,17,20H,6-13,15-16H2,1-2H3,(H2,22,23,24);1H. The van der Waals surface area contributed by atoms with Crippen LogP contribution in [-0.2, 0) is 17.8 Å². The van der Waals surface area contributed by atoms with Crippen LogP contribution in [0.25, 0.3) is 0 Å². The van der Waals surface area contributed by atoms with Crippen molar-refractivity contribution in [2.75, 3.05) is 33.4 Å². The lowest BCUT2D eigenvalue weighted by atomic mass is 9.87. The fourth-order valence-corrected chi connectivity index (χ4v) is 3.83. The first-order valence-electron chi connectivity index (χ1n) is 10.1. The van der Waals surface area contributed by atoms with E-state index in [2.05, 4.69) is 51.7 Å². The second-order valence-electron chi connectivity index (χ2n) is 7.74. The van der Waals surface area contributed by atoms with Gasteiger partial charge in [-0.05, 0) is 42.7 Å². The van der Waals surface area contributed by atoms with E-state index in [0.717, 1.165) is 51.3 Å². The molecule has 1 aliphatic carbocycles. The van der Waals surface area contributed by atoms with Gasteiger partial charge in [-0.25, -0.2) is 0 Å². The average Bonchev–Trinajstić information content (AvgIpc) is 2.68. The molecule has 1 saturated heterocycles. The fourth-order valence-electron chi connectivity index (χ4n) is 3.83.